The maximum Gasteiger partial charge on any atom is 0.283 e. The van der Waals surface area contributed by atoms with Crippen LogP contribution >= 0.6 is 0 Å². The SMILES string of the molecule is Cc1c2c(=O)n(-c3ncccn3)[nH]c2cc(=O)n1CCN1CCOCC1. The van der Waals surface area contributed by atoms with Crippen LogP contribution in [0.2, 0.25) is 0 Å². The highest BCUT2D eigenvalue weighted by molar-refractivity contribution is 5.80. The molecule has 0 unspecified atom stereocenters. The van der Waals surface area contributed by atoms with Crippen LogP contribution in [0.15, 0.2) is 34.1 Å². The van der Waals surface area contributed by atoms with Crippen LogP contribution in [0, 0.1) is 6.92 Å². The number of pyridine rings is 1. The van der Waals surface area contributed by atoms with E-state index in [4.69, 9.17) is 4.74 Å². The molecule has 26 heavy (non-hydrogen) atoms. The molecule has 9 heteroatoms. The molecule has 9 nitrogen and oxygen atoms in total. The van der Waals surface area contributed by atoms with E-state index < -0.39 is 0 Å². The molecule has 3 aromatic heterocycles. The Kier molecular flexibility index (Phi) is 4.39. The van der Waals surface area contributed by atoms with Gasteiger partial charge in [0, 0.05) is 50.3 Å². The molecule has 0 aliphatic carbocycles. The van der Waals surface area contributed by atoms with Crippen molar-refractivity contribution < 1.29 is 4.74 Å². The van der Waals surface area contributed by atoms with Gasteiger partial charge < -0.3 is 9.30 Å². The van der Waals surface area contributed by atoms with Gasteiger partial charge in [0.05, 0.1) is 24.1 Å². The molecule has 4 rings (SSSR count). The van der Waals surface area contributed by atoms with Crippen molar-refractivity contribution in [1.29, 1.82) is 0 Å². The maximum absolute atomic E-state index is 12.8. The van der Waals surface area contributed by atoms with Crippen LogP contribution in [-0.4, -0.2) is 62.1 Å². The number of morpholine rings is 1. The van der Waals surface area contributed by atoms with Gasteiger partial charge in [0.2, 0.25) is 0 Å². The molecule has 0 bridgehead atoms. The minimum absolute atomic E-state index is 0.134. The Morgan fingerprint density at radius 2 is 1.88 bits per heavy atom. The zero-order valence-electron chi connectivity index (χ0n) is 14.5. The van der Waals surface area contributed by atoms with Crippen LogP contribution in [0.1, 0.15) is 5.69 Å². The maximum atomic E-state index is 12.8. The molecule has 0 saturated carbocycles. The van der Waals surface area contributed by atoms with Crippen LogP contribution in [0.4, 0.5) is 0 Å². The van der Waals surface area contributed by atoms with E-state index in [0.717, 1.165) is 19.6 Å². The van der Waals surface area contributed by atoms with E-state index >= 15 is 0 Å². The summed E-state index contributed by atoms with van der Waals surface area (Å²) < 4.78 is 8.27. The lowest BCUT2D eigenvalue weighted by Crippen LogP contribution is -2.39. The first kappa shape index (κ1) is 16.7. The largest absolute Gasteiger partial charge is 0.379 e. The monoisotopic (exact) mass is 356 g/mol. The van der Waals surface area contributed by atoms with Gasteiger partial charge in [0.1, 0.15) is 0 Å². The molecular weight excluding hydrogens is 336 g/mol. The van der Waals surface area contributed by atoms with E-state index in [1.807, 2.05) is 0 Å². The lowest BCUT2D eigenvalue weighted by molar-refractivity contribution is 0.0362. The average Bonchev–Trinajstić information content (AvgIpc) is 2.99. The van der Waals surface area contributed by atoms with E-state index in [1.54, 1.807) is 30.0 Å². The molecule has 0 atom stereocenters. The number of hydrogen-bond acceptors (Lipinski definition) is 6. The van der Waals surface area contributed by atoms with E-state index in [-0.39, 0.29) is 17.1 Å². The zero-order valence-corrected chi connectivity index (χ0v) is 14.5. The second-order valence-electron chi connectivity index (χ2n) is 6.26. The average molecular weight is 356 g/mol. The fourth-order valence-corrected chi connectivity index (χ4v) is 3.30. The Balaban J connectivity index is 1.72. The second-order valence-corrected chi connectivity index (χ2v) is 6.26. The van der Waals surface area contributed by atoms with Crippen molar-refractivity contribution in [1.82, 2.24) is 29.2 Å². The number of fused-ring (bicyclic) bond motifs is 1. The minimum atomic E-state index is -0.260. The van der Waals surface area contributed by atoms with Gasteiger partial charge >= 0.3 is 0 Å². The molecule has 0 spiro atoms. The highest BCUT2D eigenvalue weighted by Gasteiger charge is 2.17. The van der Waals surface area contributed by atoms with Crippen molar-refractivity contribution in [2.45, 2.75) is 13.5 Å². The summed E-state index contributed by atoms with van der Waals surface area (Å²) in [6.45, 7) is 6.23. The first-order valence-corrected chi connectivity index (χ1v) is 8.58. The Labute approximate surface area is 148 Å². The number of aromatic amines is 1. The van der Waals surface area contributed by atoms with Crippen molar-refractivity contribution in [3.63, 3.8) is 0 Å². The smallest absolute Gasteiger partial charge is 0.283 e. The summed E-state index contributed by atoms with van der Waals surface area (Å²) in [6.07, 6.45) is 3.13. The van der Waals surface area contributed by atoms with Crippen molar-refractivity contribution in [3.8, 4) is 5.95 Å². The minimum Gasteiger partial charge on any atom is -0.379 e. The lowest BCUT2D eigenvalue weighted by atomic mass is 10.2. The highest BCUT2D eigenvalue weighted by Crippen LogP contribution is 2.12. The van der Waals surface area contributed by atoms with Crippen molar-refractivity contribution in [3.05, 3.63) is 50.9 Å². The summed E-state index contributed by atoms with van der Waals surface area (Å²) >= 11 is 0. The lowest BCUT2D eigenvalue weighted by Gasteiger charge is -2.27. The van der Waals surface area contributed by atoms with Crippen LogP contribution in [0.5, 0.6) is 0 Å². The molecule has 1 aliphatic heterocycles. The normalized spacial score (nSPS) is 15.6. The third-order valence-electron chi connectivity index (χ3n) is 4.71. The van der Waals surface area contributed by atoms with Crippen LogP contribution < -0.4 is 11.1 Å². The summed E-state index contributed by atoms with van der Waals surface area (Å²) in [5, 5.41) is 3.42. The van der Waals surface area contributed by atoms with E-state index in [1.165, 1.54) is 10.7 Å². The Bertz CT molecular complexity index is 1030. The van der Waals surface area contributed by atoms with Gasteiger partial charge in [0.15, 0.2) is 0 Å². The van der Waals surface area contributed by atoms with Crippen molar-refractivity contribution in [2.75, 3.05) is 32.8 Å². The predicted molar refractivity (Wildman–Crippen MR) is 95.7 cm³/mol. The number of rotatable bonds is 4. The Morgan fingerprint density at radius 1 is 1.15 bits per heavy atom. The Hall–Kier alpha value is -2.78. The quantitative estimate of drug-likeness (QED) is 0.702. The van der Waals surface area contributed by atoms with E-state index in [0.29, 0.717) is 36.4 Å². The molecule has 1 saturated heterocycles. The molecule has 4 heterocycles. The van der Waals surface area contributed by atoms with Gasteiger partial charge in [-0.05, 0) is 13.0 Å². The number of ether oxygens (including phenoxy) is 1. The van der Waals surface area contributed by atoms with Crippen LogP contribution in [0.25, 0.3) is 16.9 Å². The van der Waals surface area contributed by atoms with Gasteiger partial charge in [-0.1, -0.05) is 0 Å². The molecular formula is C17H20N6O3. The molecule has 0 aromatic carbocycles. The summed E-state index contributed by atoms with van der Waals surface area (Å²) in [6, 6.07) is 3.14. The number of H-pyrrole nitrogens is 1. The standard InChI is InChI=1S/C17H20N6O3/c1-12-15-13(20-23(16(15)25)17-18-3-2-4-19-17)11-14(24)22(12)6-5-21-7-9-26-10-8-21/h2-4,11,20H,5-10H2,1H3. The number of nitrogens with zero attached hydrogens (tertiary/aromatic N) is 5. The van der Waals surface area contributed by atoms with Crippen molar-refractivity contribution >= 4 is 10.9 Å². The number of aryl methyl sites for hydroxylation is 1. The van der Waals surface area contributed by atoms with Gasteiger partial charge in [-0.15, -0.1) is 0 Å². The fourth-order valence-electron chi connectivity index (χ4n) is 3.30. The molecule has 0 radical (unpaired) electrons. The van der Waals surface area contributed by atoms with E-state index in [2.05, 4.69) is 20.0 Å². The molecule has 3 aromatic rings. The second kappa shape index (κ2) is 6.85. The predicted octanol–water partition coefficient (Wildman–Crippen LogP) is -0.0889. The molecule has 1 N–H and O–H groups in total. The highest BCUT2D eigenvalue weighted by atomic mass is 16.5. The molecule has 1 aliphatic rings. The van der Waals surface area contributed by atoms with Crippen molar-refractivity contribution in [2.24, 2.45) is 0 Å². The topological polar surface area (TPSA) is 98.0 Å². The number of aromatic nitrogens is 5. The van der Waals surface area contributed by atoms with E-state index in [9.17, 15) is 9.59 Å². The van der Waals surface area contributed by atoms with Gasteiger partial charge in [-0.3, -0.25) is 19.6 Å². The zero-order chi connectivity index (χ0) is 18.1. The van der Waals surface area contributed by atoms with Gasteiger partial charge in [-0.2, -0.15) is 4.68 Å². The number of hydrogen-bond donors (Lipinski definition) is 1. The molecule has 1 fully saturated rings. The third kappa shape index (κ3) is 2.95. The molecule has 0 amide bonds. The van der Waals surface area contributed by atoms with Gasteiger partial charge in [-0.25, -0.2) is 9.97 Å². The van der Waals surface area contributed by atoms with Crippen LogP contribution in [0.3, 0.4) is 0 Å². The molecule has 136 valence electrons. The summed E-state index contributed by atoms with van der Waals surface area (Å²) in [4.78, 5) is 35.8. The van der Waals surface area contributed by atoms with Gasteiger partial charge in [0.25, 0.3) is 17.1 Å². The number of nitrogens with one attached hydrogen (secondary N) is 1. The summed E-state index contributed by atoms with van der Waals surface area (Å²) in [5.74, 6) is 0.250. The summed E-state index contributed by atoms with van der Waals surface area (Å²) in [5.41, 5.74) is 0.749. The fraction of sp³-hybridized carbons (Fsp3) is 0.412. The third-order valence-corrected chi connectivity index (χ3v) is 4.71. The first-order valence-electron chi connectivity index (χ1n) is 8.58. The van der Waals surface area contributed by atoms with Crippen LogP contribution in [-0.2, 0) is 11.3 Å². The Morgan fingerprint density at radius 3 is 2.62 bits per heavy atom. The summed E-state index contributed by atoms with van der Waals surface area (Å²) in [7, 11) is 0. The first-order chi connectivity index (χ1) is 12.6.